The smallest absolute Gasteiger partial charge is 0.382 e. The molecule has 27 heavy (non-hydrogen) atoms. The maximum Gasteiger partial charge on any atom is 0.703 e. The van der Waals surface area contributed by atoms with E-state index in [9.17, 15) is 27.2 Å². The van der Waals surface area contributed by atoms with Crippen LogP contribution in [0.25, 0.3) is 0 Å². The Labute approximate surface area is 158 Å². The predicted molar refractivity (Wildman–Crippen MR) is 97.0 cm³/mol. The van der Waals surface area contributed by atoms with Crippen molar-refractivity contribution in [3.05, 3.63) is 34.9 Å². The van der Waals surface area contributed by atoms with Gasteiger partial charge in [-0.1, -0.05) is 34.9 Å². The molecule has 0 aromatic carbocycles. The van der Waals surface area contributed by atoms with Gasteiger partial charge in [-0.3, -0.25) is 0 Å². The van der Waals surface area contributed by atoms with Crippen LogP contribution < -0.4 is 0 Å². The van der Waals surface area contributed by atoms with Crippen molar-refractivity contribution in [2.45, 2.75) is 71.5 Å². The average Bonchev–Trinajstić information content (AvgIpc) is 2.53. The van der Waals surface area contributed by atoms with Crippen molar-refractivity contribution in [3.63, 3.8) is 0 Å². The lowest BCUT2D eigenvalue weighted by Crippen LogP contribution is -2.49. The molecular formula is C18H28F4O4P+. The zero-order valence-corrected chi connectivity index (χ0v) is 17.2. The Morgan fingerprint density at radius 1 is 1.04 bits per heavy atom. The molecule has 0 heterocycles. The topological polar surface area (TPSA) is 55.8 Å². The van der Waals surface area contributed by atoms with Crippen molar-refractivity contribution in [3.8, 4) is 0 Å². The fraction of sp³-hybridized carbons (Fsp3) is 0.667. The fourth-order valence-corrected chi connectivity index (χ4v) is 2.44. The Balaban J connectivity index is 4.79. The highest BCUT2D eigenvalue weighted by Gasteiger charge is 2.67. The molecule has 0 bridgehead atoms. The SMILES string of the molecule is CO[P+](=O)OC(F)(F)C(F)(F)C(O)C=C(C)CCC=C(C)CCC=C(C)C. The van der Waals surface area contributed by atoms with E-state index >= 15 is 0 Å². The summed E-state index contributed by atoms with van der Waals surface area (Å²) in [6.07, 6.45) is -0.593. The molecule has 0 spiro atoms. The summed E-state index contributed by atoms with van der Waals surface area (Å²) in [5, 5.41) is 9.50. The first-order valence-corrected chi connectivity index (χ1v) is 9.53. The van der Waals surface area contributed by atoms with Crippen molar-refractivity contribution < 1.29 is 36.3 Å². The summed E-state index contributed by atoms with van der Waals surface area (Å²) in [6.45, 7) is 7.43. The summed E-state index contributed by atoms with van der Waals surface area (Å²) in [4.78, 5) is 0. The van der Waals surface area contributed by atoms with Gasteiger partial charge in [0.1, 0.15) is 6.10 Å². The molecule has 0 saturated carbocycles. The first-order valence-electron chi connectivity index (χ1n) is 8.44. The van der Waals surface area contributed by atoms with Crippen LogP contribution in [0.4, 0.5) is 17.6 Å². The van der Waals surface area contributed by atoms with E-state index in [4.69, 9.17) is 0 Å². The molecule has 2 atom stereocenters. The Kier molecular flexibility index (Phi) is 11.2. The van der Waals surface area contributed by atoms with Gasteiger partial charge in [0.15, 0.2) is 0 Å². The Morgan fingerprint density at radius 2 is 1.56 bits per heavy atom. The third kappa shape index (κ3) is 9.60. The van der Waals surface area contributed by atoms with Crippen LogP contribution in [-0.2, 0) is 13.6 Å². The molecule has 1 N–H and O–H groups in total. The quantitative estimate of drug-likeness (QED) is 0.230. The number of rotatable bonds is 12. The maximum absolute atomic E-state index is 13.7. The highest BCUT2D eigenvalue weighted by atomic mass is 31.1. The minimum atomic E-state index is -5.14. The van der Waals surface area contributed by atoms with Crippen molar-refractivity contribution in [1.82, 2.24) is 0 Å². The second-order valence-electron chi connectivity index (χ2n) is 6.50. The van der Waals surface area contributed by atoms with Gasteiger partial charge < -0.3 is 5.11 Å². The zero-order chi connectivity index (χ0) is 21.3. The zero-order valence-electron chi connectivity index (χ0n) is 16.3. The highest BCUT2D eigenvalue weighted by Crippen LogP contribution is 2.44. The van der Waals surface area contributed by atoms with E-state index in [1.807, 2.05) is 26.8 Å². The van der Waals surface area contributed by atoms with E-state index in [1.54, 1.807) is 0 Å². The molecule has 0 aromatic rings. The van der Waals surface area contributed by atoms with Crippen molar-refractivity contribution >= 4 is 8.25 Å². The van der Waals surface area contributed by atoms with E-state index < -0.39 is 26.4 Å². The first-order chi connectivity index (χ1) is 12.3. The van der Waals surface area contributed by atoms with Gasteiger partial charge in [0, 0.05) is 4.57 Å². The third-order valence-electron chi connectivity index (χ3n) is 3.66. The molecule has 9 heteroatoms. The van der Waals surface area contributed by atoms with Gasteiger partial charge >= 0.3 is 20.3 Å². The Morgan fingerprint density at radius 3 is 2.07 bits per heavy atom. The van der Waals surface area contributed by atoms with E-state index in [2.05, 4.69) is 15.1 Å². The van der Waals surface area contributed by atoms with E-state index in [1.165, 1.54) is 12.5 Å². The van der Waals surface area contributed by atoms with Gasteiger partial charge in [0.2, 0.25) is 0 Å². The van der Waals surface area contributed by atoms with Crippen LogP contribution in [0.3, 0.4) is 0 Å². The molecule has 4 nitrogen and oxygen atoms in total. The summed E-state index contributed by atoms with van der Waals surface area (Å²) >= 11 is 0. The predicted octanol–water partition coefficient (Wildman–Crippen LogP) is 6.32. The van der Waals surface area contributed by atoms with Gasteiger partial charge in [-0.25, -0.2) is 0 Å². The summed E-state index contributed by atoms with van der Waals surface area (Å²) in [5.74, 6) is -4.96. The minimum absolute atomic E-state index is 0.322. The highest BCUT2D eigenvalue weighted by molar-refractivity contribution is 7.33. The Hall–Kier alpha value is -1.08. The number of aliphatic hydroxyl groups is 1. The molecular weight excluding hydrogens is 387 g/mol. The molecule has 0 aliphatic heterocycles. The average molecular weight is 415 g/mol. The number of alkyl halides is 4. The van der Waals surface area contributed by atoms with Crippen LogP contribution in [0.15, 0.2) is 34.9 Å². The molecule has 0 rings (SSSR count). The summed E-state index contributed by atoms with van der Waals surface area (Å²) in [6, 6.07) is 0. The lowest BCUT2D eigenvalue weighted by Gasteiger charge is -2.24. The number of allylic oxidation sites excluding steroid dienone is 5. The van der Waals surface area contributed by atoms with Gasteiger partial charge in [0.25, 0.3) is 0 Å². The standard InChI is InChI=1S/C18H28F4O4P/c1-13(2)8-6-9-14(3)10-7-11-15(4)12-16(23)17(19,20)18(21,22)26-27(24)25-5/h8,10,12,16,23H,6-7,9,11H2,1-5H3/q+1. The molecule has 156 valence electrons. The van der Waals surface area contributed by atoms with Gasteiger partial charge in [-0.15, -0.1) is 4.52 Å². The number of hydrogen-bond acceptors (Lipinski definition) is 4. The molecule has 0 saturated heterocycles. The van der Waals surface area contributed by atoms with Crippen LogP contribution in [0.1, 0.15) is 53.4 Å². The van der Waals surface area contributed by atoms with E-state index in [-0.39, 0.29) is 0 Å². The van der Waals surface area contributed by atoms with Crippen molar-refractivity contribution in [1.29, 1.82) is 0 Å². The van der Waals surface area contributed by atoms with Gasteiger partial charge in [-0.05, 0) is 57.9 Å². The van der Waals surface area contributed by atoms with Crippen molar-refractivity contribution in [2.24, 2.45) is 0 Å². The third-order valence-corrected chi connectivity index (χ3v) is 4.34. The molecule has 0 aromatic heterocycles. The fourth-order valence-electron chi connectivity index (χ4n) is 2.06. The summed E-state index contributed by atoms with van der Waals surface area (Å²) in [7, 11) is -2.66. The van der Waals surface area contributed by atoms with Crippen LogP contribution in [0, 0.1) is 0 Å². The normalized spacial score (nSPS) is 15.6. The van der Waals surface area contributed by atoms with Crippen LogP contribution in [0.5, 0.6) is 0 Å². The van der Waals surface area contributed by atoms with Gasteiger partial charge in [-0.2, -0.15) is 17.6 Å². The minimum Gasteiger partial charge on any atom is -0.382 e. The number of halogens is 4. The number of hydrogen-bond donors (Lipinski definition) is 1. The molecule has 0 amide bonds. The van der Waals surface area contributed by atoms with Crippen LogP contribution in [-0.4, -0.2) is 30.4 Å². The van der Waals surface area contributed by atoms with Gasteiger partial charge in [0.05, 0.1) is 7.11 Å². The Bertz CT molecular complexity index is 582. The lowest BCUT2D eigenvalue weighted by molar-refractivity contribution is -0.329. The largest absolute Gasteiger partial charge is 0.703 e. The molecule has 0 radical (unpaired) electrons. The summed E-state index contributed by atoms with van der Waals surface area (Å²) in [5.41, 5.74) is 2.68. The second kappa shape index (κ2) is 11.7. The maximum atomic E-state index is 13.7. The number of aliphatic hydroxyl groups excluding tert-OH is 1. The lowest BCUT2D eigenvalue weighted by atomic mass is 10.0. The van der Waals surface area contributed by atoms with E-state index in [0.717, 1.165) is 25.5 Å². The first kappa shape index (κ1) is 25.9. The van der Waals surface area contributed by atoms with E-state index in [0.29, 0.717) is 24.5 Å². The van der Waals surface area contributed by atoms with Crippen molar-refractivity contribution in [2.75, 3.05) is 7.11 Å². The molecule has 0 aliphatic rings. The summed E-state index contributed by atoms with van der Waals surface area (Å²) < 4.78 is 72.5. The monoisotopic (exact) mass is 415 g/mol. The van der Waals surface area contributed by atoms with Crippen LogP contribution >= 0.6 is 8.25 Å². The molecule has 2 unspecified atom stereocenters. The van der Waals surface area contributed by atoms with Crippen LogP contribution in [0.2, 0.25) is 0 Å². The molecule has 0 aliphatic carbocycles. The second-order valence-corrected chi connectivity index (χ2v) is 7.50. The molecule has 0 fully saturated rings.